The van der Waals surface area contributed by atoms with Gasteiger partial charge in [0.1, 0.15) is 10.7 Å². The first-order chi connectivity index (χ1) is 10.8. The van der Waals surface area contributed by atoms with E-state index < -0.39 is 38.4 Å². The van der Waals surface area contributed by atoms with Crippen molar-refractivity contribution in [2.75, 3.05) is 6.54 Å². The number of nitrogens with zero attached hydrogens (tertiary/aromatic N) is 2. The van der Waals surface area contributed by atoms with Crippen molar-refractivity contribution in [1.82, 2.24) is 9.46 Å². The summed E-state index contributed by atoms with van der Waals surface area (Å²) in [5, 5.41) is 3.71. The maximum Gasteiger partial charge on any atom is 0.246 e. The van der Waals surface area contributed by atoms with Crippen molar-refractivity contribution >= 4 is 10.0 Å². The van der Waals surface area contributed by atoms with Crippen molar-refractivity contribution in [3.63, 3.8) is 0 Å². The van der Waals surface area contributed by atoms with Crippen LogP contribution in [0.3, 0.4) is 0 Å². The van der Waals surface area contributed by atoms with Gasteiger partial charge in [-0.1, -0.05) is 5.16 Å². The van der Waals surface area contributed by atoms with Crippen LogP contribution in [-0.2, 0) is 10.0 Å². The molecule has 23 heavy (non-hydrogen) atoms. The second-order valence-corrected chi connectivity index (χ2v) is 7.20. The fourth-order valence-electron chi connectivity index (χ4n) is 2.68. The Morgan fingerprint density at radius 2 is 1.87 bits per heavy atom. The molecule has 0 spiro atoms. The minimum atomic E-state index is -4.33. The summed E-state index contributed by atoms with van der Waals surface area (Å²) in [4.78, 5) is -0.889. The maximum absolute atomic E-state index is 13.9. The topological polar surface area (TPSA) is 63.4 Å². The van der Waals surface area contributed by atoms with E-state index in [1.807, 2.05) is 0 Å². The van der Waals surface area contributed by atoms with Crippen molar-refractivity contribution in [2.45, 2.75) is 30.7 Å². The van der Waals surface area contributed by atoms with Gasteiger partial charge in [-0.05, 0) is 25.8 Å². The van der Waals surface area contributed by atoms with Crippen LogP contribution in [0.1, 0.15) is 30.3 Å². The molecule has 1 aliphatic heterocycles. The van der Waals surface area contributed by atoms with E-state index in [4.69, 9.17) is 4.52 Å². The van der Waals surface area contributed by atoms with Crippen LogP contribution in [-0.4, -0.2) is 24.4 Å². The summed E-state index contributed by atoms with van der Waals surface area (Å²) < 4.78 is 71.7. The molecule has 1 aromatic heterocycles. The van der Waals surface area contributed by atoms with Crippen molar-refractivity contribution in [3.05, 3.63) is 47.1 Å². The molecule has 3 rings (SSSR count). The molecule has 5 nitrogen and oxygen atoms in total. The average molecular weight is 346 g/mol. The summed E-state index contributed by atoms with van der Waals surface area (Å²) in [7, 11) is -4.33. The van der Waals surface area contributed by atoms with Gasteiger partial charge in [0.25, 0.3) is 0 Å². The molecule has 1 saturated heterocycles. The third-order valence-electron chi connectivity index (χ3n) is 3.74. The molecular weight excluding hydrogens is 333 g/mol. The van der Waals surface area contributed by atoms with Crippen molar-refractivity contribution in [2.24, 2.45) is 0 Å². The highest BCUT2D eigenvalue weighted by Crippen LogP contribution is 2.37. The zero-order valence-corrected chi connectivity index (χ0v) is 12.9. The van der Waals surface area contributed by atoms with Gasteiger partial charge in [0.05, 0.1) is 11.7 Å². The summed E-state index contributed by atoms with van der Waals surface area (Å²) in [6.45, 7) is 1.82. The van der Waals surface area contributed by atoms with E-state index in [-0.39, 0.29) is 12.6 Å². The van der Waals surface area contributed by atoms with E-state index >= 15 is 0 Å². The van der Waals surface area contributed by atoms with Crippen LogP contribution in [0, 0.1) is 24.4 Å². The Hall–Kier alpha value is -1.87. The summed E-state index contributed by atoms with van der Waals surface area (Å²) in [6.07, 6.45) is 1.01. The Morgan fingerprint density at radius 3 is 2.52 bits per heavy atom. The predicted molar refractivity (Wildman–Crippen MR) is 73.4 cm³/mol. The molecule has 0 N–H and O–H groups in total. The SMILES string of the molecule is Cc1cc(C2CCCN2S(=O)(=O)c2cc(F)c(F)cc2F)on1. The monoisotopic (exact) mass is 346 g/mol. The van der Waals surface area contributed by atoms with Crippen LogP contribution in [0.25, 0.3) is 0 Å². The first-order valence-corrected chi connectivity index (χ1v) is 8.34. The second-order valence-electron chi connectivity index (χ2n) is 5.34. The van der Waals surface area contributed by atoms with E-state index in [0.717, 1.165) is 4.31 Å². The highest BCUT2D eigenvalue weighted by molar-refractivity contribution is 7.89. The van der Waals surface area contributed by atoms with Crippen LogP contribution in [0.5, 0.6) is 0 Å². The Labute approximate surface area is 130 Å². The van der Waals surface area contributed by atoms with Gasteiger partial charge in [-0.15, -0.1) is 0 Å². The Bertz CT molecular complexity index is 851. The van der Waals surface area contributed by atoms with E-state index in [1.165, 1.54) is 0 Å². The number of aromatic nitrogens is 1. The number of rotatable bonds is 3. The van der Waals surface area contributed by atoms with Gasteiger partial charge in [-0.2, -0.15) is 4.31 Å². The molecule has 0 amide bonds. The molecule has 0 bridgehead atoms. The normalized spacial score (nSPS) is 19.4. The molecule has 1 atom stereocenters. The van der Waals surface area contributed by atoms with Gasteiger partial charge in [0.15, 0.2) is 17.4 Å². The minimum Gasteiger partial charge on any atom is -0.359 e. The number of sulfonamides is 1. The average Bonchev–Trinajstić information content (AvgIpc) is 3.11. The van der Waals surface area contributed by atoms with Crippen LogP contribution in [0.4, 0.5) is 13.2 Å². The van der Waals surface area contributed by atoms with Crippen LogP contribution in [0.2, 0.25) is 0 Å². The molecule has 0 aliphatic carbocycles. The van der Waals surface area contributed by atoms with Crippen molar-refractivity contribution in [1.29, 1.82) is 0 Å². The maximum atomic E-state index is 13.9. The third kappa shape index (κ3) is 2.74. The van der Waals surface area contributed by atoms with Gasteiger partial charge in [-0.25, -0.2) is 21.6 Å². The lowest BCUT2D eigenvalue weighted by atomic mass is 10.2. The summed E-state index contributed by atoms with van der Waals surface area (Å²) in [5.74, 6) is -3.85. The molecule has 1 aliphatic rings. The zero-order valence-electron chi connectivity index (χ0n) is 12.1. The van der Waals surface area contributed by atoms with Gasteiger partial charge in [0.2, 0.25) is 10.0 Å². The molecule has 1 fully saturated rings. The Balaban J connectivity index is 2.03. The van der Waals surface area contributed by atoms with E-state index in [9.17, 15) is 21.6 Å². The van der Waals surface area contributed by atoms with Gasteiger partial charge in [0, 0.05) is 18.7 Å². The lowest BCUT2D eigenvalue weighted by Crippen LogP contribution is -2.31. The molecule has 9 heteroatoms. The van der Waals surface area contributed by atoms with Gasteiger partial charge >= 0.3 is 0 Å². The minimum absolute atomic E-state index is 0.130. The molecule has 2 aromatic rings. The van der Waals surface area contributed by atoms with Gasteiger partial charge in [-0.3, -0.25) is 0 Å². The summed E-state index contributed by atoms with van der Waals surface area (Å²) in [6, 6.07) is 1.54. The molecule has 0 radical (unpaired) electrons. The Morgan fingerprint density at radius 1 is 1.17 bits per heavy atom. The molecule has 0 saturated carbocycles. The van der Waals surface area contributed by atoms with Crippen molar-refractivity contribution < 1.29 is 26.1 Å². The lowest BCUT2D eigenvalue weighted by molar-refractivity contribution is 0.296. The smallest absolute Gasteiger partial charge is 0.246 e. The molecular formula is C14H13F3N2O3S. The molecule has 1 aromatic carbocycles. The number of hydrogen-bond donors (Lipinski definition) is 0. The molecule has 2 heterocycles. The largest absolute Gasteiger partial charge is 0.359 e. The summed E-state index contributed by atoms with van der Waals surface area (Å²) in [5.41, 5.74) is 0.586. The highest BCUT2D eigenvalue weighted by atomic mass is 32.2. The van der Waals surface area contributed by atoms with Crippen LogP contribution >= 0.6 is 0 Å². The Kier molecular flexibility index (Phi) is 3.93. The standard InChI is InChI=1S/C14H13F3N2O3S/c1-8-5-13(22-18-8)12-3-2-4-19(12)23(20,21)14-7-10(16)9(15)6-11(14)17/h5-7,12H,2-4H2,1H3. The van der Waals surface area contributed by atoms with Crippen LogP contribution in [0.15, 0.2) is 27.6 Å². The van der Waals surface area contributed by atoms with Gasteiger partial charge < -0.3 is 4.52 Å². The first kappa shape index (κ1) is 16.0. The molecule has 1 unspecified atom stereocenters. The van der Waals surface area contributed by atoms with Crippen LogP contribution < -0.4 is 0 Å². The fourth-order valence-corrected chi connectivity index (χ4v) is 4.40. The fraction of sp³-hybridized carbons (Fsp3) is 0.357. The van der Waals surface area contributed by atoms with E-state index in [1.54, 1.807) is 13.0 Å². The second kappa shape index (κ2) is 5.64. The quantitative estimate of drug-likeness (QED) is 0.802. The van der Waals surface area contributed by atoms with Crippen molar-refractivity contribution in [3.8, 4) is 0 Å². The molecule has 124 valence electrons. The summed E-state index contributed by atoms with van der Waals surface area (Å²) >= 11 is 0. The number of aryl methyl sites for hydroxylation is 1. The number of hydrogen-bond acceptors (Lipinski definition) is 4. The highest BCUT2D eigenvalue weighted by Gasteiger charge is 2.39. The predicted octanol–water partition coefficient (Wildman–Crippen LogP) is 2.93. The third-order valence-corrected chi connectivity index (χ3v) is 5.66. The van der Waals surface area contributed by atoms with E-state index in [2.05, 4.69) is 5.16 Å². The number of halogens is 3. The van der Waals surface area contributed by atoms with E-state index in [0.29, 0.717) is 30.4 Å². The lowest BCUT2D eigenvalue weighted by Gasteiger charge is -2.22. The first-order valence-electron chi connectivity index (χ1n) is 6.90. The zero-order chi connectivity index (χ0) is 16.8. The number of benzene rings is 1.